The molecule has 3 saturated carbocycles. The molecule has 0 bridgehead atoms. The van der Waals surface area contributed by atoms with Crippen molar-refractivity contribution in [3.8, 4) is 0 Å². The average molecular weight is 416 g/mol. The lowest BCUT2D eigenvalue weighted by Crippen LogP contribution is -2.53. The summed E-state index contributed by atoms with van der Waals surface area (Å²) >= 11 is 0. The second-order valence-corrected chi connectivity index (χ2v) is 12.6. The summed E-state index contributed by atoms with van der Waals surface area (Å²) in [6.45, 7) is 11.0. The number of nitrogens with one attached hydrogen (secondary N) is 1. The standard InChI is InChI=1S/C27H45NO2/c1-16-5-8-23(28-15-16)17(2)25-24(30)14-22-20-7-6-18-13-19(29)9-11-26(18,3)21(20)10-12-27(22,25)4/h6,16-17,19-25,28-30H,5,7-15H2,1-4H3/t16-,17+,19-,20+,21-,22-,23?,24+,25-,26-,27-/m0/s1. The molecule has 1 unspecified atom stereocenters. The summed E-state index contributed by atoms with van der Waals surface area (Å²) in [5.74, 6) is 3.90. The van der Waals surface area contributed by atoms with Crippen molar-refractivity contribution in [2.45, 2.75) is 104 Å². The second-order valence-electron chi connectivity index (χ2n) is 12.6. The number of hydrogen-bond donors (Lipinski definition) is 3. The molecule has 1 saturated heterocycles. The van der Waals surface area contributed by atoms with Gasteiger partial charge in [-0.3, -0.25) is 0 Å². The van der Waals surface area contributed by atoms with Crippen LogP contribution in [0.25, 0.3) is 0 Å². The quantitative estimate of drug-likeness (QED) is 0.561. The Bertz CT molecular complexity index is 682. The maximum Gasteiger partial charge on any atom is 0.0579 e. The normalized spacial score (nSPS) is 54.5. The van der Waals surface area contributed by atoms with Gasteiger partial charge in [0, 0.05) is 6.04 Å². The first-order chi connectivity index (χ1) is 14.2. The van der Waals surface area contributed by atoms with Gasteiger partial charge in [-0.1, -0.05) is 39.3 Å². The van der Waals surface area contributed by atoms with E-state index in [1.807, 2.05) is 0 Å². The van der Waals surface area contributed by atoms with Crippen LogP contribution in [-0.2, 0) is 0 Å². The van der Waals surface area contributed by atoms with Crippen molar-refractivity contribution in [3.05, 3.63) is 11.6 Å². The molecule has 0 spiro atoms. The Hall–Kier alpha value is -0.380. The van der Waals surface area contributed by atoms with E-state index >= 15 is 0 Å². The van der Waals surface area contributed by atoms with Gasteiger partial charge in [-0.05, 0) is 111 Å². The number of hydrogen-bond acceptors (Lipinski definition) is 3. The van der Waals surface area contributed by atoms with Crippen molar-refractivity contribution in [1.82, 2.24) is 5.32 Å². The molecule has 30 heavy (non-hydrogen) atoms. The zero-order valence-corrected chi connectivity index (χ0v) is 19.7. The van der Waals surface area contributed by atoms with Crippen LogP contribution < -0.4 is 5.32 Å². The minimum Gasteiger partial charge on any atom is -0.393 e. The molecule has 5 rings (SSSR count). The molecule has 11 atom stereocenters. The smallest absolute Gasteiger partial charge is 0.0579 e. The van der Waals surface area contributed by atoms with Crippen molar-refractivity contribution in [3.63, 3.8) is 0 Å². The van der Waals surface area contributed by atoms with Crippen LogP contribution in [0.5, 0.6) is 0 Å². The van der Waals surface area contributed by atoms with Crippen LogP contribution in [0.3, 0.4) is 0 Å². The lowest BCUT2D eigenvalue weighted by molar-refractivity contribution is -0.0655. The number of aliphatic hydroxyl groups excluding tert-OH is 2. The maximum absolute atomic E-state index is 11.4. The highest BCUT2D eigenvalue weighted by molar-refractivity contribution is 5.25. The molecule has 3 N–H and O–H groups in total. The van der Waals surface area contributed by atoms with Crippen LogP contribution in [0.4, 0.5) is 0 Å². The lowest BCUT2D eigenvalue weighted by Gasteiger charge is -2.58. The molecule has 0 radical (unpaired) electrons. The van der Waals surface area contributed by atoms with Crippen LogP contribution in [0.2, 0.25) is 0 Å². The van der Waals surface area contributed by atoms with Gasteiger partial charge in [-0.15, -0.1) is 0 Å². The topological polar surface area (TPSA) is 52.5 Å². The molecule has 5 aliphatic rings. The van der Waals surface area contributed by atoms with Gasteiger partial charge in [0.1, 0.15) is 0 Å². The summed E-state index contributed by atoms with van der Waals surface area (Å²) in [5, 5.41) is 25.5. The fourth-order valence-electron chi connectivity index (χ4n) is 9.36. The van der Waals surface area contributed by atoms with E-state index in [0.29, 0.717) is 29.2 Å². The van der Waals surface area contributed by atoms with Gasteiger partial charge in [0.05, 0.1) is 12.2 Å². The summed E-state index contributed by atoms with van der Waals surface area (Å²) in [7, 11) is 0. The van der Waals surface area contributed by atoms with E-state index in [2.05, 4.69) is 39.1 Å². The van der Waals surface area contributed by atoms with Crippen LogP contribution in [0, 0.1) is 46.3 Å². The molecule has 0 aromatic rings. The Balaban J connectivity index is 1.39. The van der Waals surface area contributed by atoms with E-state index in [9.17, 15) is 10.2 Å². The maximum atomic E-state index is 11.4. The van der Waals surface area contributed by atoms with Crippen molar-refractivity contribution in [2.24, 2.45) is 46.3 Å². The third kappa shape index (κ3) is 3.17. The monoisotopic (exact) mass is 415 g/mol. The first-order valence-corrected chi connectivity index (χ1v) is 13.0. The first-order valence-electron chi connectivity index (χ1n) is 13.0. The first kappa shape index (κ1) is 21.5. The van der Waals surface area contributed by atoms with Gasteiger partial charge < -0.3 is 15.5 Å². The third-order valence-electron chi connectivity index (χ3n) is 11.1. The van der Waals surface area contributed by atoms with Crippen LogP contribution >= 0.6 is 0 Å². The highest BCUT2D eigenvalue weighted by atomic mass is 16.3. The minimum absolute atomic E-state index is 0.126. The van der Waals surface area contributed by atoms with Gasteiger partial charge in [-0.2, -0.15) is 0 Å². The van der Waals surface area contributed by atoms with Gasteiger partial charge in [0.15, 0.2) is 0 Å². The predicted molar refractivity (Wildman–Crippen MR) is 122 cm³/mol. The Morgan fingerprint density at radius 2 is 1.87 bits per heavy atom. The Labute approximate surface area is 184 Å². The summed E-state index contributed by atoms with van der Waals surface area (Å²) in [4.78, 5) is 0. The SMILES string of the molecule is C[C@H]1CCC([C@@H](C)[C@H]2[C@H](O)C[C@H]3[C@@H]4CC=C5C[C@@H](O)CC[C@]5(C)[C@H]4CC[C@]23C)NC1. The van der Waals surface area contributed by atoms with Crippen molar-refractivity contribution < 1.29 is 10.2 Å². The molecular formula is C27H45NO2. The fraction of sp³-hybridized carbons (Fsp3) is 0.926. The fourth-order valence-corrected chi connectivity index (χ4v) is 9.36. The summed E-state index contributed by atoms with van der Waals surface area (Å²) in [5.41, 5.74) is 2.12. The Kier molecular flexibility index (Phi) is 5.43. The van der Waals surface area contributed by atoms with E-state index in [4.69, 9.17) is 0 Å². The van der Waals surface area contributed by atoms with Crippen molar-refractivity contribution in [1.29, 1.82) is 0 Å². The predicted octanol–water partition coefficient (Wildman–Crippen LogP) is 4.92. The Morgan fingerprint density at radius 3 is 2.60 bits per heavy atom. The van der Waals surface area contributed by atoms with E-state index in [0.717, 1.165) is 50.0 Å². The van der Waals surface area contributed by atoms with Gasteiger partial charge >= 0.3 is 0 Å². The number of rotatable bonds is 2. The molecule has 0 amide bonds. The zero-order valence-electron chi connectivity index (χ0n) is 19.7. The van der Waals surface area contributed by atoms with E-state index in [1.165, 1.54) is 32.1 Å². The number of fused-ring (bicyclic) bond motifs is 5. The summed E-state index contributed by atoms with van der Waals surface area (Å²) < 4.78 is 0. The molecule has 3 nitrogen and oxygen atoms in total. The van der Waals surface area contributed by atoms with Crippen molar-refractivity contribution >= 4 is 0 Å². The molecule has 0 aromatic heterocycles. The van der Waals surface area contributed by atoms with Gasteiger partial charge in [0.2, 0.25) is 0 Å². The number of aliphatic hydroxyl groups is 2. The van der Waals surface area contributed by atoms with Crippen LogP contribution in [-0.4, -0.2) is 35.0 Å². The molecule has 1 heterocycles. The molecular weight excluding hydrogens is 370 g/mol. The third-order valence-corrected chi connectivity index (χ3v) is 11.1. The number of piperidine rings is 1. The van der Waals surface area contributed by atoms with Crippen LogP contribution in [0.15, 0.2) is 11.6 Å². The summed E-state index contributed by atoms with van der Waals surface area (Å²) in [6.07, 6.45) is 12.6. The summed E-state index contributed by atoms with van der Waals surface area (Å²) in [6, 6.07) is 0.573. The highest BCUT2D eigenvalue weighted by Crippen LogP contribution is 2.67. The highest BCUT2D eigenvalue weighted by Gasteiger charge is 2.62. The van der Waals surface area contributed by atoms with Gasteiger partial charge in [-0.25, -0.2) is 0 Å². The minimum atomic E-state index is -0.138. The van der Waals surface area contributed by atoms with E-state index < -0.39 is 0 Å². The molecule has 4 aliphatic carbocycles. The molecule has 3 heteroatoms. The largest absolute Gasteiger partial charge is 0.393 e. The van der Waals surface area contributed by atoms with E-state index in [1.54, 1.807) is 5.57 Å². The molecule has 4 fully saturated rings. The van der Waals surface area contributed by atoms with Crippen molar-refractivity contribution in [2.75, 3.05) is 6.54 Å². The average Bonchev–Trinajstić information content (AvgIpc) is 2.98. The lowest BCUT2D eigenvalue weighted by atomic mass is 9.47. The molecule has 0 aromatic carbocycles. The number of allylic oxidation sites excluding steroid dienone is 1. The molecule has 1 aliphatic heterocycles. The zero-order chi connectivity index (χ0) is 21.3. The van der Waals surface area contributed by atoms with Gasteiger partial charge in [0.25, 0.3) is 0 Å². The van der Waals surface area contributed by atoms with Crippen LogP contribution in [0.1, 0.15) is 85.5 Å². The second kappa shape index (κ2) is 7.59. The Morgan fingerprint density at radius 1 is 1.07 bits per heavy atom. The van der Waals surface area contributed by atoms with E-state index in [-0.39, 0.29) is 17.6 Å². The molecule has 170 valence electrons.